The number of fused-ring (bicyclic) bond motifs is 4. The molecule has 6 rings (SSSR count). The Kier molecular flexibility index (Phi) is 4.21. The van der Waals surface area contributed by atoms with Crippen LogP contribution in [0.1, 0.15) is 12.8 Å². The summed E-state index contributed by atoms with van der Waals surface area (Å²) >= 11 is 0. The van der Waals surface area contributed by atoms with Crippen molar-refractivity contribution >= 4 is 16.8 Å². The fourth-order valence-electron chi connectivity index (χ4n) is 5.17. The minimum absolute atomic E-state index is 0.250. The zero-order valence-electron chi connectivity index (χ0n) is 15.4. The van der Waals surface area contributed by atoms with Gasteiger partial charge in [0.25, 0.3) is 0 Å². The van der Waals surface area contributed by atoms with Gasteiger partial charge in [-0.1, -0.05) is 18.2 Å². The molecule has 1 amide bonds. The van der Waals surface area contributed by atoms with Crippen molar-refractivity contribution in [3.05, 3.63) is 36.5 Å². The van der Waals surface area contributed by atoms with Gasteiger partial charge in [-0.25, -0.2) is 0 Å². The molecule has 4 saturated heterocycles. The van der Waals surface area contributed by atoms with Crippen molar-refractivity contribution in [2.45, 2.75) is 25.4 Å². The van der Waals surface area contributed by atoms with E-state index in [4.69, 9.17) is 0 Å². The maximum Gasteiger partial charge on any atom is 0.242 e. The van der Waals surface area contributed by atoms with Crippen molar-refractivity contribution in [3.8, 4) is 0 Å². The first-order chi connectivity index (χ1) is 12.8. The van der Waals surface area contributed by atoms with Crippen LogP contribution in [0.3, 0.4) is 0 Å². The van der Waals surface area contributed by atoms with Crippen LogP contribution in [0.2, 0.25) is 0 Å². The highest BCUT2D eigenvalue weighted by molar-refractivity contribution is 5.83. The van der Waals surface area contributed by atoms with Crippen molar-refractivity contribution < 1.29 is 4.79 Å². The van der Waals surface area contributed by atoms with Gasteiger partial charge in [-0.05, 0) is 49.4 Å². The fraction of sp³-hybridized carbons (Fsp3) is 0.571. The number of piperazine rings is 1. The third-order valence-corrected chi connectivity index (χ3v) is 6.74. The number of para-hydroxylation sites is 1. The van der Waals surface area contributed by atoms with Crippen LogP contribution in [0.4, 0.5) is 0 Å². The van der Waals surface area contributed by atoms with Crippen LogP contribution >= 0.6 is 0 Å². The molecule has 1 atom stereocenters. The Hall–Kier alpha value is -1.85. The Labute approximate surface area is 155 Å². The second kappa shape index (κ2) is 6.71. The molecule has 5 nitrogen and oxygen atoms in total. The molecule has 4 aliphatic rings. The van der Waals surface area contributed by atoms with Crippen LogP contribution in [-0.4, -0.2) is 77.0 Å². The number of piperidine rings is 3. The summed E-state index contributed by atoms with van der Waals surface area (Å²) in [6.07, 6.45) is 4.76. The lowest BCUT2D eigenvalue weighted by Crippen LogP contribution is -2.61. The zero-order valence-corrected chi connectivity index (χ0v) is 15.4. The number of nitrogens with zero attached hydrogens (tertiary/aromatic N) is 4. The third-order valence-electron chi connectivity index (χ3n) is 6.74. The molecule has 5 heterocycles. The van der Waals surface area contributed by atoms with Gasteiger partial charge < -0.3 is 14.4 Å². The monoisotopic (exact) mass is 352 g/mol. The predicted octanol–water partition coefficient (Wildman–Crippen LogP) is 1.88. The minimum atomic E-state index is 0.250. The van der Waals surface area contributed by atoms with Gasteiger partial charge in [-0.3, -0.25) is 9.69 Å². The maximum absolute atomic E-state index is 12.8. The number of benzene rings is 1. The Morgan fingerprint density at radius 2 is 1.73 bits per heavy atom. The first-order valence-corrected chi connectivity index (χ1v) is 10.1. The third kappa shape index (κ3) is 2.93. The highest BCUT2D eigenvalue weighted by Gasteiger charge is 2.38. The minimum Gasteiger partial charge on any atom is -0.339 e. The Morgan fingerprint density at radius 3 is 2.46 bits per heavy atom. The van der Waals surface area contributed by atoms with Gasteiger partial charge in [0, 0.05) is 50.5 Å². The van der Waals surface area contributed by atoms with Crippen LogP contribution in [0.5, 0.6) is 0 Å². The highest BCUT2D eigenvalue weighted by atomic mass is 16.2. The normalized spacial score (nSPS) is 29.4. The number of hydrogen-bond donors (Lipinski definition) is 0. The molecule has 138 valence electrons. The molecule has 2 bridgehead atoms. The Balaban J connectivity index is 1.19. The second-order valence-electron chi connectivity index (χ2n) is 8.12. The summed E-state index contributed by atoms with van der Waals surface area (Å²) < 4.78 is 2.08. The van der Waals surface area contributed by atoms with Crippen molar-refractivity contribution in [3.63, 3.8) is 0 Å². The predicted molar refractivity (Wildman–Crippen MR) is 103 cm³/mol. The van der Waals surface area contributed by atoms with E-state index in [1.54, 1.807) is 0 Å². The fourth-order valence-corrected chi connectivity index (χ4v) is 5.17. The molecule has 26 heavy (non-hydrogen) atoms. The van der Waals surface area contributed by atoms with E-state index < -0.39 is 0 Å². The molecule has 4 fully saturated rings. The number of amides is 1. The molecule has 1 aromatic carbocycles. The van der Waals surface area contributed by atoms with Gasteiger partial charge in [0.1, 0.15) is 6.54 Å². The highest BCUT2D eigenvalue weighted by Crippen LogP contribution is 2.31. The van der Waals surface area contributed by atoms with Crippen LogP contribution in [0.25, 0.3) is 10.9 Å². The number of carbonyl (C=O) groups excluding carboxylic acids is 1. The molecule has 4 aliphatic heterocycles. The quantitative estimate of drug-likeness (QED) is 0.845. The summed E-state index contributed by atoms with van der Waals surface area (Å²) in [5.74, 6) is 1.13. The summed E-state index contributed by atoms with van der Waals surface area (Å²) in [6.45, 7) is 8.11. The molecular formula is C21H28N4O. The molecule has 0 aliphatic carbocycles. The van der Waals surface area contributed by atoms with E-state index in [1.165, 1.54) is 37.9 Å². The number of carbonyl (C=O) groups is 1. The maximum atomic E-state index is 12.8. The van der Waals surface area contributed by atoms with E-state index in [1.807, 2.05) is 18.3 Å². The van der Waals surface area contributed by atoms with Crippen molar-refractivity contribution in [2.75, 3.05) is 45.8 Å². The van der Waals surface area contributed by atoms with Gasteiger partial charge in [-0.15, -0.1) is 0 Å². The lowest BCUT2D eigenvalue weighted by molar-refractivity contribution is -0.134. The van der Waals surface area contributed by atoms with E-state index >= 15 is 0 Å². The molecule has 0 radical (unpaired) electrons. The molecular weight excluding hydrogens is 324 g/mol. The Bertz CT molecular complexity index is 784. The van der Waals surface area contributed by atoms with E-state index in [9.17, 15) is 4.79 Å². The molecule has 5 heteroatoms. The van der Waals surface area contributed by atoms with E-state index in [-0.39, 0.29) is 5.91 Å². The first-order valence-electron chi connectivity index (χ1n) is 10.1. The van der Waals surface area contributed by atoms with E-state index in [0.29, 0.717) is 6.54 Å². The largest absolute Gasteiger partial charge is 0.339 e. The van der Waals surface area contributed by atoms with Gasteiger partial charge in [0.15, 0.2) is 0 Å². The number of aromatic nitrogens is 1. The van der Waals surface area contributed by atoms with Crippen LogP contribution < -0.4 is 0 Å². The summed E-state index contributed by atoms with van der Waals surface area (Å²) in [5, 5.41) is 1.20. The first kappa shape index (κ1) is 16.3. The summed E-state index contributed by atoms with van der Waals surface area (Å²) in [5.41, 5.74) is 1.15. The standard InChI is InChI=1S/C21H28N4O/c26-21(16-25-10-7-17-3-1-2-4-19(17)25)24-13-11-23(12-14-24)20-15-22-8-5-18(20)6-9-22/h1-4,7,10,18,20H,5-6,8-9,11-16H2/t20-/m0/s1. The van der Waals surface area contributed by atoms with E-state index in [0.717, 1.165) is 43.7 Å². The smallest absolute Gasteiger partial charge is 0.242 e. The van der Waals surface area contributed by atoms with Crippen molar-refractivity contribution in [1.82, 2.24) is 19.3 Å². The van der Waals surface area contributed by atoms with Crippen LogP contribution in [-0.2, 0) is 11.3 Å². The SMILES string of the molecule is O=C(Cn1ccc2ccccc21)N1CCN([C@H]2CN3CCC2CC3)CC1. The molecule has 0 unspecified atom stereocenters. The lowest BCUT2D eigenvalue weighted by atomic mass is 9.83. The average Bonchev–Trinajstić information content (AvgIpc) is 3.12. The zero-order chi connectivity index (χ0) is 17.5. The molecule has 0 saturated carbocycles. The van der Waals surface area contributed by atoms with Gasteiger partial charge in [0.05, 0.1) is 0 Å². The van der Waals surface area contributed by atoms with Gasteiger partial charge in [-0.2, -0.15) is 0 Å². The van der Waals surface area contributed by atoms with Gasteiger partial charge >= 0.3 is 0 Å². The van der Waals surface area contributed by atoms with Crippen LogP contribution in [0.15, 0.2) is 36.5 Å². The second-order valence-corrected chi connectivity index (χ2v) is 8.12. The van der Waals surface area contributed by atoms with Crippen molar-refractivity contribution in [1.29, 1.82) is 0 Å². The van der Waals surface area contributed by atoms with E-state index in [2.05, 4.69) is 37.5 Å². The van der Waals surface area contributed by atoms with Gasteiger partial charge in [0.2, 0.25) is 5.91 Å². The molecule has 1 aromatic heterocycles. The molecule has 2 aromatic rings. The Morgan fingerprint density at radius 1 is 0.962 bits per heavy atom. The summed E-state index contributed by atoms with van der Waals surface area (Å²) in [4.78, 5) is 20.1. The summed E-state index contributed by atoms with van der Waals surface area (Å²) in [7, 11) is 0. The average molecular weight is 352 g/mol. The molecule has 0 N–H and O–H groups in total. The van der Waals surface area contributed by atoms with Crippen LogP contribution in [0, 0.1) is 5.92 Å². The molecule has 0 spiro atoms. The van der Waals surface area contributed by atoms with Crippen molar-refractivity contribution in [2.24, 2.45) is 5.92 Å². The topological polar surface area (TPSA) is 31.7 Å². The number of hydrogen-bond acceptors (Lipinski definition) is 3. The number of rotatable bonds is 3. The lowest BCUT2D eigenvalue weighted by Gasteiger charge is -2.51. The summed E-state index contributed by atoms with van der Waals surface area (Å²) in [6, 6.07) is 11.1.